The molecule has 6 nitrogen and oxygen atoms in total. The molecule has 1 N–H and O–H groups in total. The minimum Gasteiger partial charge on any atom is -0.461 e. The molecule has 0 spiro atoms. The van der Waals surface area contributed by atoms with E-state index in [2.05, 4.69) is 16.4 Å². The fourth-order valence-corrected chi connectivity index (χ4v) is 4.94. The first kappa shape index (κ1) is 18.9. The first-order valence-electron chi connectivity index (χ1n) is 10.8. The number of benzene rings is 1. The standard InChI is InChI=1S/C24H25N3O3/c1-2-30-24(29)19-13-12-17-21(15-8-4-3-5-9-15)22-16-10-6-7-11-18(16)25-20(28)14-27(22)23(17)26-19/h6-7,10-13,15H,2-5,8-9,14H2,1H3,(H,25,28). The Bertz CT molecular complexity index is 1140. The van der Waals surface area contributed by atoms with Crippen molar-refractivity contribution in [3.05, 3.63) is 47.7 Å². The molecule has 1 amide bonds. The summed E-state index contributed by atoms with van der Waals surface area (Å²) < 4.78 is 7.15. The van der Waals surface area contributed by atoms with E-state index in [1.54, 1.807) is 13.0 Å². The molecule has 0 unspecified atom stereocenters. The number of hydrogen-bond donors (Lipinski definition) is 1. The third-order valence-electron chi connectivity index (χ3n) is 6.20. The lowest BCUT2D eigenvalue weighted by Gasteiger charge is -2.23. The molecular formula is C24H25N3O3. The highest BCUT2D eigenvalue weighted by molar-refractivity contribution is 6.03. The zero-order valence-corrected chi connectivity index (χ0v) is 17.1. The Labute approximate surface area is 175 Å². The van der Waals surface area contributed by atoms with Gasteiger partial charge < -0.3 is 14.6 Å². The number of carbonyl (C=O) groups is 2. The lowest BCUT2D eigenvalue weighted by atomic mass is 9.82. The summed E-state index contributed by atoms with van der Waals surface area (Å²) in [5, 5.41) is 4.07. The van der Waals surface area contributed by atoms with Crippen LogP contribution in [0.4, 0.5) is 5.69 Å². The average molecular weight is 403 g/mol. The number of nitrogens with one attached hydrogen (secondary N) is 1. The van der Waals surface area contributed by atoms with Crippen LogP contribution in [-0.4, -0.2) is 28.0 Å². The van der Waals surface area contributed by atoms with E-state index < -0.39 is 5.97 Å². The van der Waals surface area contributed by atoms with Gasteiger partial charge in [-0.3, -0.25) is 4.79 Å². The normalized spacial score (nSPS) is 16.5. The highest BCUT2D eigenvalue weighted by atomic mass is 16.5. The van der Waals surface area contributed by atoms with Crippen molar-refractivity contribution in [1.82, 2.24) is 9.55 Å². The van der Waals surface area contributed by atoms with Crippen LogP contribution in [0.25, 0.3) is 22.3 Å². The van der Waals surface area contributed by atoms with Crippen LogP contribution in [0.5, 0.6) is 0 Å². The predicted molar refractivity (Wildman–Crippen MR) is 116 cm³/mol. The molecule has 1 saturated carbocycles. The van der Waals surface area contributed by atoms with Crippen molar-refractivity contribution in [2.45, 2.75) is 51.5 Å². The van der Waals surface area contributed by atoms with Gasteiger partial charge in [0.15, 0.2) is 5.69 Å². The highest BCUT2D eigenvalue weighted by Crippen LogP contribution is 2.46. The van der Waals surface area contributed by atoms with Crippen LogP contribution in [-0.2, 0) is 16.1 Å². The van der Waals surface area contributed by atoms with Crippen molar-refractivity contribution in [2.75, 3.05) is 11.9 Å². The molecule has 30 heavy (non-hydrogen) atoms. The van der Waals surface area contributed by atoms with E-state index in [9.17, 15) is 9.59 Å². The number of carbonyl (C=O) groups excluding carboxylic acids is 2. The molecule has 0 radical (unpaired) electrons. The van der Waals surface area contributed by atoms with Gasteiger partial charge in [-0.05, 0) is 49.4 Å². The van der Waals surface area contributed by atoms with Crippen molar-refractivity contribution in [3.63, 3.8) is 0 Å². The number of anilines is 1. The molecule has 5 rings (SSSR count). The number of pyridine rings is 1. The van der Waals surface area contributed by atoms with Gasteiger partial charge in [-0.25, -0.2) is 9.78 Å². The molecule has 0 saturated heterocycles. The molecule has 1 fully saturated rings. The number of nitrogens with zero attached hydrogens (tertiary/aromatic N) is 2. The van der Waals surface area contributed by atoms with Gasteiger partial charge in [0, 0.05) is 10.9 Å². The Balaban J connectivity index is 1.80. The van der Waals surface area contributed by atoms with Crippen molar-refractivity contribution in [3.8, 4) is 11.3 Å². The van der Waals surface area contributed by atoms with Crippen LogP contribution in [0.2, 0.25) is 0 Å². The van der Waals surface area contributed by atoms with E-state index in [0.29, 0.717) is 18.2 Å². The Morgan fingerprint density at radius 2 is 1.97 bits per heavy atom. The largest absolute Gasteiger partial charge is 0.461 e. The first-order chi connectivity index (χ1) is 14.7. The molecule has 2 aromatic heterocycles. The molecule has 1 aliphatic carbocycles. The summed E-state index contributed by atoms with van der Waals surface area (Å²) in [5.74, 6) is -0.0988. The maximum Gasteiger partial charge on any atom is 0.356 e. The molecule has 0 atom stereocenters. The maximum absolute atomic E-state index is 12.7. The summed E-state index contributed by atoms with van der Waals surface area (Å²) in [5.41, 5.74) is 5.11. The maximum atomic E-state index is 12.7. The fourth-order valence-electron chi connectivity index (χ4n) is 4.94. The summed E-state index contributed by atoms with van der Waals surface area (Å²) in [6.45, 7) is 2.25. The minimum atomic E-state index is -0.437. The van der Waals surface area contributed by atoms with Crippen LogP contribution in [0, 0.1) is 0 Å². The third-order valence-corrected chi connectivity index (χ3v) is 6.20. The molecule has 0 bridgehead atoms. The van der Waals surface area contributed by atoms with E-state index in [1.165, 1.54) is 24.8 Å². The van der Waals surface area contributed by atoms with Crippen molar-refractivity contribution >= 4 is 28.6 Å². The van der Waals surface area contributed by atoms with Gasteiger partial charge in [0.05, 0.1) is 18.0 Å². The molecule has 3 heterocycles. The number of aromatic nitrogens is 2. The van der Waals surface area contributed by atoms with Crippen molar-refractivity contribution in [1.29, 1.82) is 0 Å². The van der Waals surface area contributed by atoms with Crippen LogP contribution < -0.4 is 5.32 Å². The molecule has 3 aromatic rings. The molecule has 2 aliphatic rings. The van der Waals surface area contributed by atoms with Crippen molar-refractivity contribution < 1.29 is 14.3 Å². The lowest BCUT2D eigenvalue weighted by molar-refractivity contribution is -0.116. The highest BCUT2D eigenvalue weighted by Gasteiger charge is 2.31. The minimum absolute atomic E-state index is 0.0865. The second-order valence-corrected chi connectivity index (χ2v) is 8.07. The SMILES string of the molecule is CCOC(=O)c1ccc2c(C3CCCCC3)c3n(c2n1)CC(=O)Nc1ccccc1-3. The second-order valence-electron chi connectivity index (χ2n) is 8.07. The number of esters is 1. The summed E-state index contributed by atoms with van der Waals surface area (Å²) in [7, 11) is 0. The number of hydrogen-bond acceptors (Lipinski definition) is 4. The Kier molecular flexibility index (Phi) is 4.77. The number of para-hydroxylation sites is 1. The monoisotopic (exact) mass is 403 g/mol. The summed E-state index contributed by atoms with van der Waals surface area (Å²) in [6.07, 6.45) is 5.96. The molecule has 6 heteroatoms. The van der Waals surface area contributed by atoms with Gasteiger partial charge in [0.1, 0.15) is 12.2 Å². The van der Waals surface area contributed by atoms with Gasteiger partial charge in [0.25, 0.3) is 0 Å². The summed E-state index contributed by atoms with van der Waals surface area (Å²) in [4.78, 5) is 29.7. The van der Waals surface area contributed by atoms with E-state index in [0.717, 1.165) is 35.2 Å². The van der Waals surface area contributed by atoms with Gasteiger partial charge in [-0.15, -0.1) is 0 Å². The predicted octanol–water partition coefficient (Wildman–Crippen LogP) is 4.88. The van der Waals surface area contributed by atoms with Crippen LogP contribution in [0.1, 0.15) is 61.0 Å². The lowest BCUT2D eigenvalue weighted by Crippen LogP contribution is -2.17. The molecule has 1 aliphatic heterocycles. The summed E-state index contributed by atoms with van der Waals surface area (Å²) >= 11 is 0. The Hall–Kier alpha value is -3.15. The smallest absolute Gasteiger partial charge is 0.356 e. The van der Waals surface area contributed by atoms with E-state index in [4.69, 9.17) is 4.74 Å². The molecular weight excluding hydrogens is 378 g/mol. The number of ether oxygens (including phenoxy) is 1. The number of amides is 1. The van der Waals surface area contributed by atoms with Gasteiger partial charge >= 0.3 is 5.97 Å². The third kappa shape index (κ3) is 3.07. The zero-order valence-electron chi connectivity index (χ0n) is 17.1. The van der Waals surface area contributed by atoms with E-state index >= 15 is 0 Å². The van der Waals surface area contributed by atoms with Gasteiger partial charge in [0.2, 0.25) is 5.91 Å². The topological polar surface area (TPSA) is 73.2 Å². The van der Waals surface area contributed by atoms with E-state index in [1.807, 2.05) is 28.8 Å². The van der Waals surface area contributed by atoms with Crippen LogP contribution >= 0.6 is 0 Å². The Morgan fingerprint density at radius 3 is 2.77 bits per heavy atom. The van der Waals surface area contributed by atoms with Crippen LogP contribution in [0.15, 0.2) is 36.4 Å². The average Bonchev–Trinajstić information content (AvgIpc) is 2.99. The molecule has 1 aromatic carbocycles. The van der Waals surface area contributed by atoms with Gasteiger partial charge in [-0.1, -0.05) is 37.5 Å². The first-order valence-corrected chi connectivity index (χ1v) is 10.8. The van der Waals surface area contributed by atoms with Crippen LogP contribution in [0.3, 0.4) is 0 Å². The summed E-state index contributed by atoms with van der Waals surface area (Å²) in [6, 6.07) is 11.7. The van der Waals surface area contributed by atoms with E-state index in [-0.39, 0.29) is 18.1 Å². The number of fused-ring (bicyclic) bond motifs is 5. The molecule has 154 valence electrons. The van der Waals surface area contributed by atoms with Crippen molar-refractivity contribution in [2.24, 2.45) is 0 Å². The quantitative estimate of drug-likeness (QED) is 0.633. The zero-order chi connectivity index (χ0) is 20.7. The van der Waals surface area contributed by atoms with Gasteiger partial charge in [-0.2, -0.15) is 0 Å². The number of rotatable bonds is 3. The Morgan fingerprint density at radius 1 is 1.17 bits per heavy atom. The second kappa shape index (κ2) is 7.59. The fraction of sp³-hybridized carbons (Fsp3) is 0.375.